The Bertz CT molecular complexity index is 466. The first-order chi connectivity index (χ1) is 7.92. The highest BCUT2D eigenvalue weighted by molar-refractivity contribution is 6.83. The molecule has 17 heavy (non-hydrogen) atoms. The maximum atomic E-state index is 11.5. The number of nitrogens with zero attached hydrogens (tertiary/aromatic N) is 1. The molecule has 1 aromatic heterocycles. The maximum absolute atomic E-state index is 11.5. The van der Waals surface area contributed by atoms with Gasteiger partial charge in [-0.15, -0.1) is 5.54 Å². The average Bonchev–Trinajstić information content (AvgIpc) is 2.26. The van der Waals surface area contributed by atoms with Gasteiger partial charge in [0.25, 0.3) is 0 Å². The lowest BCUT2D eigenvalue weighted by molar-refractivity contribution is 0.0526. The standard InChI is InChI=1S/C13H17NO2Si/c1-5-16-13(15)11-6-8-14-12(10-11)7-9-17(2,3)4/h6,8,10H,5H2,1-4H3. The van der Waals surface area contributed by atoms with Crippen LogP contribution < -0.4 is 0 Å². The Morgan fingerprint density at radius 2 is 2.18 bits per heavy atom. The van der Waals surface area contributed by atoms with Gasteiger partial charge in [-0.2, -0.15) is 0 Å². The Morgan fingerprint density at radius 1 is 1.47 bits per heavy atom. The number of carbonyl (C=O) groups excluding carboxylic acids is 1. The van der Waals surface area contributed by atoms with E-state index in [1.165, 1.54) is 0 Å². The topological polar surface area (TPSA) is 39.2 Å². The molecule has 0 atom stereocenters. The van der Waals surface area contributed by atoms with Crippen molar-refractivity contribution in [3.05, 3.63) is 29.6 Å². The summed E-state index contributed by atoms with van der Waals surface area (Å²) in [6.07, 6.45) is 1.58. The summed E-state index contributed by atoms with van der Waals surface area (Å²) in [4.78, 5) is 15.6. The van der Waals surface area contributed by atoms with Gasteiger partial charge in [0.05, 0.1) is 12.2 Å². The van der Waals surface area contributed by atoms with Crippen molar-refractivity contribution in [2.24, 2.45) is 0 Å². The van der Waals surface area contributed by atoms with E-state index in [4.69, 9.17) is 4.74 Å². The van der Waals surface area contributed by atoms with Gasteiger partial charge in [0.1, 0.15) is 13.8 Å². The van der Waals surface area contributed by atoms with Gasteiger partial charge < -0.3 is 4.74 Å². The minimum absolute atomic E-state index is 0.328. The minimum atomic E-state index is -1.42. The van der Waals surface area contributed by atoms with Crippen LogP contribution in [0, 0.1) is 11.5 Å². The van der Waals surface area contributed by atoms with Crippen LogP contribution in [-0.4, -0.2) is 25.6 Å². The van der Waals surface area contributed by atoms with Crippen LogP contribution in [-0.2, 0) is 4.74 Å². The first-order valence-corrected chi connectivity index (χ1v) is 9.09. The molecule has 0 radical (unpaired) electrons. The molecule has 0 spiro atoms. The van der Waals surface area contributed by atoms with E-state index >= 15 is 0 Å². The molecule has 0 bridgehead atoms. The molecular formula is C13H17NO2Si. The number of carbonyl (C=O) groups is 1. The molecule has 3 nitrogen and oxygen atoms in total. The third-order valence-corrected chi connectivity index (χ3v) is 2.71. The Balaban J connectivity index is 2.93. The van der Waals surface area contributed by atoms with Crippen molar-refractivity contribution in [3.8, 4) is 11.5 Å². The molecule has 0 saturated carbocycles. The zero-order valence-corrected chi connectivity index (χ0v) is 11.7. The monoisotopic (exact) mass is 247 g/mol. The van der Waals surface area contributed by atoms with E-state index in [-0.39, 0.29) is 5.97 Å². The number of aromatic nitrogens is 1. The average molecular weight is 247 g/mol. The van der Waals surface area contributed by atoms with Gasteiger partial charge >= 0.3 is 5.97 Å². The van der Waals surface area contributed by atoms with Crippen molar-refractivity contribution in [2.75, 3.05) is 6.61 Å². The van der Waals surface area contributed by atoms with Crippen LogP contribution in [0.3, 0.4) is 0 Å². The van der Waals surface area contributed by atoms with E-state index in [1.54, 1.807) is 25.3 Å². The number of hydrogen-bond donors (Lipinski definition) is 0. The van der Waals surface area contributed by atoms with Crippen LogP contribution in [0.15, 0.2) is 18.3 Å². The first kappa shape index (κ1) is 13.5. The van der Waals surface area contributed by atoms with Crippen LogP contribution in [0.2, 0.25) is 19.6 Å². The summed E-state index contributed by atoms with van der Waals surface area (Å²) >= 11 is 0. The molecule has 0 aliphatic heterocycles. The molecule has 90 valence electrons. The van der Waals surface area contributed by atoms with Gasteiger partial charge in [-0.3, -0.25) is 0 Å². The quantitative estimate of drug-likeness (QED) is 0.458. The minimum Gasteiger partial charge on any atom is -0.462 e. The second kappa shape index (κ2) is 5.64. The second-order valence-electron chi connectivity index (χ2n) is 4.65. The molecule has 1 aromatic rings. The van der Waals surface area contributed by atoms with Crippen molar-refractivity contribution in [3.63, 3.8) is 0 Å². The van der Waals surface area contributed by atoms with Crippen molar-refractivity contribution in [2.45, 2.75) is 26.6 Å². The zero-order valence-electron chi connectivity index (χ0n) is 10.7. The van der Waals surface area contributed by atoms with Crippen molar-refractivity contribution in [1.29, 1.82) is 0 Å². The van der Waals surface area contributed by atoms with Crippen molar-refractivity contribution in [1.82, 2.24) is 4.98 Å². The molecule has 0 aromatic carbocycles. The molecule has 0 N–H and O–H groups in total. The molecule has 0 saturated heterocycles. The highest BCUT2D eigenvalue weighted by Crippen LogP contribution is 2.04. The van der Waals surface area contributed by atoms with Crippen LogP contribution >= 0.6 is 0 Å². The summed E-state index contributed by atoms with van der Waals surface area (Å²) in [5.41, 5.74) is 4.34. The fourth-order valence-corrected chi connectivity index (χ4v) is 1.59. The summed E-state index contributed by atoms with van der Waals surface area (Å²) in [6, 6.07) is 3.31. The van der Waals surface area contributed by atoms with E-state index < -0.39 is 8.07 Å². The zero-order chi connectivity index (χ0) is 12.9. The smallest absolute Gasteiger partial charge is 0.338 e. The second-order valence-corrected chi connectivity index (χ2v) is 9.40. The summed E-state index contributed by atoms with van der Waals surface area (Å²) < 4.78 is 4.92. The van der Waals surface area contributed by atoms with Crippen LogP contribution in [0.4, 0.5) is 0 Å². The van der Waals surface area contributed by atoms with Gasteiger partial charge in [-0.25, -0.2) is 9.78 Å². The molecule has 4 heteroatoms. The fraction of sp³-hybridized carbons (Fsp3) is 0.385. The largest absolute Gasteiger partial charge is 0.462 e. The predicted octanol–water partition coefficient (Wildman–Crippen LogP) is 2.49. The molecule has 0 aliphatic rings. The van der Waals surface area contributed by atoms with Crippen LogP contribution in [0.5, 0.6) is 0 Å². The maximum Gasteiger partial charge on any atom is 0.338 e. The Kier molecular flexibility index (Phi) is 4.47. The molecule has 1 heterocycles. The van der Waals surface area contributed by atoms with E-state index in [0.717, 1.165) is 0 Å². The highest BCUT2D eigenvalue weighted by Gasteiger charge is 2.09. The number of hydrogen-bond acceptors (Lipinski definition) is 3. The lowest BCUT2D eigenvalue weighted by Crippen LogP contribution is -2.16. The SMILES string of the molecule is CCOC(=O)c1ccnc(C#C[Si](C)(C)C)c1. The van der Waals surface area contributed by atoms with Gasteiger partial charge in [0.15, 0.2) is 0 Å². The van der Waals surface area contributed by atoms with E-state index in [1.807, 2.05) is 0 Å². The number of pyridine rings is 1. The van der Waals surface area contributed by atoms with Gasteiger partial charge in [0.2, 0.25) is 0 Å². The fourth-order valence-electron chi connectivity index (χ4n) is 1.09. The van der Waals surface area contributed by atoms with E-state index in [2.05, 4.69) is 36.1 Å². The number of esters is 1. The molecule has 0 fully saturated rings. The lowest BCUT2D eigenvalue weighted by Gasteiger charge is -2.04. The van der Waals surface area contributed by atoms with Crippen LogP contribution in [0.25, 0.3) is 0 Å². The Hall–Kier alpha value is -1.60. The summed E-state index contributed by atoms with van der Waals surface area (Å²) in [5.74, 6) is 2.69. The van der Waals surface area contributed by atoms with Gasteiger partial charge in [0, 0.05) is 6.20 Å². The normalized spacial score (nSPS) is 10.4. The van der Waals surface area contributed by atoms with Gasteiger partial charge in [-0.05, 0) is 19.1 Å². The lowest BCUT2D eigenvalue weighted by atomic mass is 10.2. The van der Waals surface area contributed by atoms with E-state index in [0.29, 0.717) is 17.9 Å². The van der Waals surface area contributed by atoms with Gasteiger partial charge in [-0.1, -0.05) is 25.6 Å². The number of ether oxygens (including phenoxy) is 1. The number of rotatable bonds is 2. The van der Waals surface area contributed by atoms with Crippen LogP contribution in [0.1, 0.15) is 23.0 Å². The molecule has 0 unspecified atom stereocenters. The summed E-state index contributed by atoms with van der Waals surface area (Å²) in [6.45, 7) is 8.64. The molecule has 0 aliphatic carbocycles. The Labute approximate surface area is 103 Å². The third kappa shape index (κ3) is 4.83. The Morgan fingerprint density at radius 3 is 2.76 bits per heavy atom. The molecule has 0 amide bonds. The molecule has 1 rings (SSSR count). The summed E-state index contributed by atoms with van der Waals surface area (Å²) in [7, 11) is -1.42. The highest BCUT2D eigenvalue weighted by atomic mass is 28.3. The first-order valence-electron chi connectivity index (χ1n) is 5.59. The molecular weight excluding hydrogens is 230 g/mol. The van der Waals surface area contributed by atoms with E-state index in [9.17, 15) is 4.79 Å². The third-order valence-electron chi connectivity index (χ3n) is 1.84. The van der Waals surface area contributed by atoms with Crippen molar-refractivity contribution < 1.29 is 9.53 Å². The predicted molar refractivity (Wildman–Crippen MR) is 70.4 cm³/mol. The van der Waals surface area contributed by atoms with Crippen molar-refractivity contribution >= 4 is 14.0 Å². The summed E-state index contributed by atoms with van der Waals surface area (Å²) in [5, 5.41) is 0.